The van der Waals surface area contributed by atoms with Gasteiger partial charge in [0, 0.05) is 27.2 Å². The maximum absolute atomic E-state index is 12.6. The number of benzene rings is 1. The smallest absolute Gasteiger partial charge is 0.254 e. The van der Waals surface area contributed by atoms with E-state index in [0.29, 0.717) is 0 Å². The molecule has 0 atom stereocenters. The van der Waals surface area contributed by atoms with Crippen LogP contribution in [-0.2, 0) is 0 Å². The van der Waals surface area contributed by atoms with Crippen LogP contribution in [0.1, 0.15) is 29.6 Å². The number of hydrogen-bond donors (Lipinski definition) is 0. The molecule has 0 bridgehead atoms. The SMILES string of the molecule is CN(CC1(N(C)C)CCC1)C(=O)c1cc(I)ccc1Br. The number of amides is 1. The van der Waals surface area contributed by atoms with Crippen molar-refractivity contribution in [3.05, 3.63) is 31.8 Å². The van der Waals surface area contributed by atoms with Crippen LogP contribution >= 0.6 is 38.5 Å². The monoisotopic (exact) mass is 450 g/mol. The predicted octanol–water partition coefficient (Wildman–Crippen LogP) is 3.61. The fourth-order valence-electron chi connectivity index (χ4n) is 2.71. The Kier molecular flexibility index (Phi) is 5.13. The standard InChI is InChI=1S/C15H20BrIN2O/c1-18(2)15(7-4-8-15)10-19(3)14(20)12-9-11(17)5-6-13(12)16/h5-6,9H,4,7-8,10H2,1-3H3. The number of likely N-dealkylation sites (N-methyl/N-ethyl adjacent to an activating group) is 2. The van der Waals surface area contributed by atoms with Crippen LogP contribution in [0.3, 0.4) is 0 Å². The maximum atomic E-state index is 12.6. The van der Waals surface area contributed by atoms with E-state index in [9.17, 15) is 4.79 Å². The highest BCUT2D eigenvalue weighted by Crippen LogP contribution is 2.37. The molecule has 0 saturated heterocycles. The molecule has 1 aromatic rings. The second-order valence-corrected chi connectivity index (χ2v) is 7.86. The van der Waals surface area contributed by atoms with Crippen molar-refractivity contribution in [3.63, 3.8) is 0 Å². The van der Waals surface area contributed by atoms with Gasteiger partial charge in [0.25, 0.3) is 5.91 Å². The van der Waals surface area contributed by atoms with Gasteiger partial charge in [-0.05, 0) is 90.1 Å². The number of carbonyl (C=O) groups is 1. The molecule has 1 saturated carbocycles. The van der Waals surface area contributed by atoms with E-state index in [-0.39, 0.29) is 11.4 Å². The van der Waals surface area contributed by atoms with E-state index >= 15 is 0 Å². The average molecular weight is 451 g/mol. The molecule has 1 aliphatic rings. The van der Waals surface area contributed by atoms with Gasteiger partial charge in [-0.15, -0.1) is 0 Å². The number of nitrogens with zero attached hydrogens (tertiary/aromatic N) is 2. The van der Waals surface area contributed by atoms with Gasteiger partial charge in [-0.3, -0.25) is 4.79 Å². The molecule has 0 aromatic heterocycles. The van der Waals surface area contributed by atoms with Crippen LogP contribution in [0, 0.1) is 3.57 Å². The van der Waals surface area contributed by atoms with Crippen molar-refractivity contribution >= 4 is 44.4 Å². The molecule has 1 amide bonds. The number of hydrogen-bond acceptors (Lipinski definition) is 2. The van der Waals surface area contributed by atoms with Gasteiger partial charge in [-0.1, -0.05) is 0 Å². The van der Waals surface area contributed by atoms with Crippen LogP contribution in [0.2, 0.25) is 0 Å². The molecule has 2 rings (SSSR count). The Morgan fingerprint density at radius 1 is 1.35 bits per heavy atom. The van der Waals surface area contributed by atoms with Crippen molar-refractivity contribution in [3.8, 4) is 0 Å². The second-order valence-electron chi connectivity index (χ2n) is 5.76. The first-order valence-corrected chi connectivity index (χ1v) is 8.61. The summed E-state index contributed by atoms with van der Waals surface area (Å²) in [5.41, 5.74) is 0.909. The summed E-state index contributed by atoms with van der Waals surface area (Å²) in [4.78, 5) is 16.8. The molecule has 0 aliphatic heterocycles. The van der Waals surface area contributed by atoms with Gasteiger partial charge in [0.1, 0.15) is 0 Å². The van der Waals surface area contributed by atoms with E-state index in [2.05, 4.69) is 57.5 Å². The molecule has 1 fully saturated rings. The Bertz CT molecular complexity index is 515. The molecule has 110 valence electrons. The summed E-state index contributed by atoms with van der Waals surface area (Å²) in [5, 5.41) is 0. The van der Waals surface area contributed by atoms with Gasteiger partial charge in [-0.25, -0.2) is 0 Å². The summed E-state index contributed by atoms with van der Waals surface area (Å²) in [6, 6.07) is 5.87. The van der Waals surface area contributed by atoms with Gasteiger partial charge >= 0.3 is 0 Å². The lowest BCUT2D eigenvalue weighted by Crippen LogP contribution is -2.57. The summed E-state index contributed by atoms with van der Waals surface area (Å²) >= 11 is 5.71. The topological polar surface area (TPSA) is 23.6 Å². The van der Waals surface area contributed by atoms with E-state index in [0.717, 1.165) is 20.2 Å². The Morgan fingerprint density at radius 2 is 2.00 bits per heavy atom. The minimum absolute atomic E-state index is 0.0866. The first kappa shape index (κ1) is 16.2. The Labute approximate surface area is 143 Å². The third kappa shape index (κ3) is 3.20. The number of halogens is 2. The van der Waals surface area contributed by atoms with E-state index in [1.165, 1.54) is 19.3 Å². The lowest BCUT2D eigenvalue weighted by Gasteiger charge is -2.49. The quantitative estimate of drug-likeness (QED) is 0.654. The van der Waals surface area contributed by atoms with Crippen molar-refractivity contribution in [2.24, 2.45) is 0 Å². The zero-order valence-electron chi connectivity index (χ0n) is 12.1. The molecule has 0 radical (unpaired) electrons. The highest BCUT2D eigenvalue weighted by Gasteiger charge is 2.40. The lowest BCUT2D eigenvalue weighted by molar-refractivity contribution is 0.0252. The molecule has 0 heterocycles. The fourth-order valence-corrected chi connectivity index (χ4v) is 3.62. The first-order chi connectivity index (χ1) is 9.35. The van der Waals surface area contributed by atoms with Gasteiger partial charge in [0.15, 0.2) is 0 Å². The van der Waals surface area contributed by atoms with E-state index in [4.69, 9.17) is 0 Å². The summed E-state index contributed by atoms with van der Waals surface area (Å²) < 4.78 is 1.94. The van der Waals surface area contributed by atoms with Gasteiger partial charge < -0.3 is 9.80 Å². The molecule has 0 N–H and O–H groups in total. The molecular weight excluding hydrogens is 431 g/mol. The van der Waals surface area contributed by atoms with Gasteiger partial charge in [0.2, 0.25) is 0 Å². The molecule has 0 spiro atoms. The highest BCUT2D eigenvalue weighted by molar-refractivity contribution is 14.1. The predicted molar refractivity (Wildman–Crippen MR) is 94.1 cm³/mol. The van der Waals surface area contributed by atoms with Crippen molar-refractivity contribution in [2.45, 2.75) is 24.8 Å². The molecule has 1 aliphatic carbocycles. The largest absolute Gasteiger partial charge is 0.340 e. The summed E-state index contributed by atoms with van der Waals surface area (Å²) in [6.07, 6.45) is 3.60. The Hall–Kier alpha value is -0.140. The number of rotatable bonds is 4. The zero-order chi connectivity index (χ0) is 14.9. The Balaban J connectivity index is 2.14. The van der Waals surface area contributed by atoms with Crippen LogP contribution in [0.4, 0.5) is 0 Å². The summed E-state index contributed by atoms with van der Waals surface area (Å²) in [5.74, 6) is 0.0866. The van der Waals surface area contributed by atoms with Gasteiger partial charge in [-0.2, -0.15) is 0 Å². The lowest BCUT2D eigenvalue weighted by atomic mass is 9.75. The van der Waals surface area contributed by atoms with Crippen LogP contribution in [0.5, 0.6) is 0 Å². The molecule has 0 unspecified atom stereocenters. The normalized spacial score (nSPS) is 16.9. The number of carbonyl (C=O) groups excluding carboxylic acids is 1. The average Bonchev–Trinajstić information content (AvgIpc) is 2.35. The van der Waals surface area contributed by atoms with Crippen LogP contribution < -0.4 is 0 Å². The third-order valence-electron chi connectivity index (χ3n) is 4.27. The molecule has 3 nitrogen and oxygen atoms in total. The zero-order valence-corrected chi connectivity index (χ0v) is 15.9. The summed E-state index contributed by atoms with van der Waals surface area (Å²) in [6.45, 7) is 0.788. The first-order valence-electron chi connectivity index (χ1n) is 6.74. The minimum atomic E-state index is 0.0866. The van der Waals surface area contributed by atoms with Crippen LogP contribution in [-0.4, -0.2) is 48.9 Å². The molecular formula is C15H20BrIN2O. The van der Waals surface area contributed by atoms with E-state index in [1.54, 1.807) is 0 Å². The van der Waals surface area contributed by atoms with Crippen molar-refractivity contribution in [1.82, 2.24) is 9.80 Å². The highest BCUT2D eigenvalue weighted by atomic mass is 127. The van der Waals surface area contributed by atoms with Crippen LogP contribution in [0.15, 0.2) is 22.7 Å². The molecule has 5 heteroatoms. The van der Waals surface area contributed by atoms with Crippen molar-refractivity contribution in [2.75, 3.05) is 27.7 Å². The fraction of sp³-hybridized carbons (Fsp3) is 0.533. The molecule has 1 aromatic carbocycles. The van der Waals surface area contributed by atoms with Crippen molar-refractivity contribution in [1.29, 1.82) is 0 Å². The van der Waals surface area contributed by atoms with E-state index < -0.39 is 0 Å². The minimum Gasteiger partial charge on any atom is -0.340 e. The van der Waals surface area contributed by atoms with Crippen LogP contribution in [0.25, 0.3) is 0 Å². The van der Waals surface area contributed by atoms with Gasteiger partial charge in [0.05, 0.1) is 5.56 Å². The second kappa shape index (κ2) is 6.32. The van der Waals surface area contributed by atoms with Crippen molar-refractivity contribution < 1.29 is 4.79 Å². The molecule has 20 heavy (non-hydrogen) atoms. The summed E-state index contributed by atoms with van der Waals surface area (Å²) in [7, 11) is 6.12. The van der Waals surface area contributed by atoms with E-state index in [1.807, 2.05) is 30.1 Å². The third-order valence-corrected chi connectivity index (χ3v) is 5.63. The maximum Gasteiger partial charge on any atom is 0.254 e. The Morgan fingerprint density at radius 3 is 2.50 bits per heavy atom.